The summed E-state index contributed by atoms with van der Waals surface area (Å²) in [5, 5.41) is 3.41. The molecule has 0 spiro atoms. The lowest BCUT2D eigenvalue weighted by Gasteiger charge is -2.33. The molecule has 0 saturated heterocycles. The Morgan fingerprint density at radius 3 is 2.27 bits per heavy atom. The Balaban J connectivity index is 2.89. The molecule has 1 nitrogen and oxygen atoms in total. The van der Waals surface area contributed by atoms with Gasteiger partial charge in [-0.1, -0.05) is 32.9 Å². The molecule has 0 aromatic heterocycles. The quantitative estimate of drug-likeness (QED) is 0.803. The normalized spacial score (nSPS) is 13.9. The van der Waals surface area contributed by atoms with Crippen molar-refractivity contribution in [3.63, 3.8) is 0 Å². The molecule has 1 N–H and O–H groups in total. The van der Waals surface area contributed by atoms with Crippen LogP contribution in [0.1, 0.15) is 33.3 Å². The molecule has 0 aliphatic rings. The van der Waals surface area contributed by atoms with Gasteiger partial charge < -0.3 is 5.32 Å². The fourth-order valence-corrected chi connectivity index (χ4v) is 1.69. The van der Waals surface area contributed by atoms with Crippen molar-refractivity contribution >= 4 is 0 Å². The Hall–Kier alpha value is -0.890. The molecule has 15 heavy (non-hydrogen) atoms. The van der Waals surface area contributed by atoms with Gasteiger partial charge in [-0.05, 0) is 31.2 Å². The number of hydrogen-bond acceptors (Lipinski definition) is 1. The second-order valence-corrected chi connectivity index (χ2v) is 4.51. The molecular weight excluding hydrogens is 189 g/mol. The maximum Gasteiger partial charge on any atom is 0.123 e. The van der Waals surface area contributed by atoms with Crippen LogP contribution in [0.25, 0.3) is 0 Å². The fraction of sp³-hybridized carbons (Fsp3) is 0.538. The van der Waals surface area contributed by atoms with Crippen molar-refractivity contribution in [1.29, 1.82) is 0 Å². The third-order valence-electron chi connectivity index (χ3n) is 3.18. The molecule has 2 heteroatoms. The zero-order valence-electron chi connectivity index (χ0n) is 9.97. The van der Waals surface area contributed by atoms with E-state index in [1.54, 1.807) is 0 Å². The van der Waals surface area contributed by atoms with Crippen molar-refractivity contribution < 1.29 is 4.39 Å². The predicted octanol–water partition coefficient (Wildman–Crippen LogP) is 3.10. The highest BCUT2D eigenvalue weighted by molar-refractivity contribution is 5.26. The van der Waals surface area contributed by atoms with Gasteiger partial charge in [-0.25, -0.2) is 4.39 Å². The van der Waals surface area contributed by atoms with Crippen LogP contribution in [-0.4, -0.2) is 12.6 Å². The minimum Gasteiger partial charge on any atom is -0.314 e. The van der Waals surface area contributed by atoms with Gasteiger partial charge in [0.1, 0.15) is 5.82 Å². The highest BCUT2D eigenvalue weighted by Crippen LogP contribution is 2.27. The van der Waals surface area contributed by atoms with Crippen LogP contribution in [0.2, 0.25) is 0 Å². The zero-order valence-corrected chi connectivity index (χ0v) is 9.97. The Labute approximate surface area is 91.7 Å². The van der Waals surface area contributed by atoms with Crippen molar-refractivity contribution in [3.8, 4) is 0 Å². The number of likely N-dealkylation sites (N-methyl/N-ethyl adjacent to an activating group) is 1. The number of halogens is 1. The Morgan fingerprint density at radius 1 is 1.27 bits per heavy atom. The largest absolute Gasteiger partial charge is 0.314 e. The monoisotopic (exact) mass is 209 g/mol. The first-order valence-electron chi connectivity index (χ1n) is 5.48. The van der Waals surface area contributed by atoms with Gasteiger partial charge in [0.15, 0.2) is 0 Å². The van der Waals surface area contributed by atoms with Crippen molar-refractivity contribution in [1.82, 2.24) is 5.32 Å². The summed E-state index contributed by atoms with van der Waals surface area (Å²) < 4.78 is 12.8. The first kappa shape index (κ1) is 12.2. The Bertz CT molecular complexity index is 303. The molecule has 1 rings (SSSR count). The lowest BCUT2D eigenvalue weighted by molar-refractivity contribution is 0.368. The SMILES string of the molecule is CCNC(C)C(C)(C)c1ccc(F)cc1. The van der Waals surface area contributed by atoms with Gasteiger partial charge in [-0.2, -0.15) is 0 Å². The molecule has 1 aromatic carbocycles. The predicted molar refractivity (Wildman–Crippen MR) is 62.6 cm³/mol. The smallest absolute Gasteiger partial charge is 0.123 e. The topological polar surface area (TPSA) is 12.0 Å². The molecule has 0 aliphatic carbocycles. The summed E-state index contributed by atoms with van der Waals surface area (Å²) in [7, 11) is 0. The molecule has 1 atom stereocenters. The molecule has 0 aliphatic heterocycles. The van der Waals surface area contributed by atoms with Crippen LogP contribution >= 0.6 is 0 Å². The first-order chi connectivity index (χ1) is 6.98. The molecule has 0 amide bonds. The van der Waals surface area contributed by atoms with Gasteiger partial charge >= 0.3 is 0 Å². The van der Waals surface area contributed by atoms with Gasteiger partial charge in [0.05, 0.1) is 0 Å². The standard InChI is InChI=1S/C13H20FN/c1-5-15-10(2)13(3,4)11-6-8-12(14)9-7-11/h6-10,15H,5H2,1-4H3. The van der Waals surface area contributed by atoms with Crippen molar-refractivity contribution in [3.05, 3.63) is 35.6 Å². The van der Waals surface area contributed by atoms with E-state index in [1.165, 1.54) is 12.1 Å². The van der Waals surface area contributed by atoms with Crippen LogP contribution in [0.3, 0.4) is 0 Å². The molecule has 1 aromatic rings. The lowest BCUT2D eigenvalue weighted by atomic mass is 9.78. The van der Waals surface area contributed by atoms with E-state index in [2.05, 4.69) is 33.0 Å². The fourth-order valence-electron chi connectivity index (χ4n) is 1.69. The van der Waals surface area contributed by atoms with Crippen molar-refractivity contribution in [2.45, 2.75) is 39.2 Å². The Morgan fingerprint density at radius 2 is 1.80 bits per heavy atom. The summed E-state index contributed by atoms with van der Waals surface area (Å²) >= 11 is 0. The maximum absolute atomic E-state index is 12.8. The minimum absolute atomic E-state index is 0.0176. The summed E-state index contributed by atoms with van der Waals surface area (Å²) in [6.07, 6.45) is 0. The molecular formula is C13H20FN. The highest BCUT2D eigenvalue weighted by Gasteiger charge is 2.26. The van der Waals surface area contributed by atoms with E-state index in [0.717, 1.165) is 12.1 Å². The molecule has 84 valence electrons. The summed E-state index contributed by atoms with van der Waals surface area (Å²) in [6.45, 7) is 9.55. The van der Waals surface area contributed by atoms with E-state index < -0.39 is 0 Å². The second kappa shape index (κ2) is 4.75. The molecule has 0 heterocycles. The van der Waals surface area contributed by atoms with Crippen LogP contribution in [0.4, 0.5) is 4.39 Å². The van der Waals surface area contributed by atoms with Crippen LogP contribution < -0.4 is 5.32 Å². The van der Waals surface area contributed by atoms with Gasteiger partial charge in [0, 0.05) is 11.5 Å². The molecule has 1 unspecified atom stereocenters. The third kappa shape index (κ3) is 2.78. The summed E-state index contributed by atoms with van der Waals surface area (Å²) in [5.74, 6) is -0.175. The summed E-state index contributed by atoms with van der Waals surface area (Å²) in [5.41, 5.74) is 1.18. The van der Waals surface area contributed by atoms with E-state index in [-0.39, 0.29) is 11.2 Å². The zero-order chi connectivity index (χ0) is 11.5. The minimum atomic E-state index is -0.175. The summed E-state index contributed by atoms with van der Waals surface area (Å²) in [6, 6.07) is 7.14. The second-order valence-electron chi connectivity index (χ2n) is 4.51. The first-order valence-corrected chi connectivity index (χ1v) is 5.48. The number of hydrogen-bond donors (Lipinski definition) is 1. The van der Waals surface area contributed by atoms with Gasteiger partial charge in [-0.3, -0.25) is 0 Å². The van der Waals surface area contributed by atoms with Gasteiger partial charge in [0.25, 0.3) is 0 Å². The highest BCUT2D eigenvalue weighted by atomic mass is 19.1. The molecule has 0 bridgehead atoms. The van der Waals surface area contributed by atoms with Crippen LogP contribution in [0.5, 0.6) is 0 Å². The van der Waals surface area contributed by atoms with Crippen LogP contribution in [0.15, 0.2) is 24.3 Å². The van der Waals surface area contributed by atoms with Gasteiger partial charge in [0.2, 0.25) is 0 Å². The van der Waals surface area contributed by atoms with E-state index in [1.807, 2.05) is 12.1 Å². The van der Waals surface area contributed by atoms with Crippen LogP contribution in [0, 0.1) is 5.82 Å². The van der Waals surface area contributed by atoms with E-state index in [9.17, 15) is 4.39 Å². The molecule has 0 fully saturated rings. The molecule has 0 radical (unpaired) electrons. The third-order valence-corrected chi connectivity index (χ3v) is 3.18. The molecule has 0 saturated carbocycles. The van der Waals surface area contributed by atoms with Crippen molar-refractivity contribution in [2.24, 2.45) is 0 Å². The average molecular weight is 209 g/mol. The maximum atomic E-state index is 12.8. The van der Waals surface area contributed by atoms with E-state index >= 15 is 0 Å². The number of rotatable bonds is 4. The van der Waals surface area contributed by atoms with E-state index in [4.69, 9.17) is 0 Å². The average Bonchev–Trinajstić information content (AvgIpc) is 2.18. The van der Waals surface area contributed by atoms with Gasteiger partial charge in [-0.15, -0.1) is 0 Å². The van der Waals surface area contributed by atoms with Crippen molar-refractivity contribution in [2.75, 3.05) is 6.54 Å². The van der Waals surface area contributed by atoms with Crippen LogP contribution in [-0.2, 0) is 5.41 Å². The number of nitrogens with one attached hydrogen (secondary N) is 1. The van der Waals surface area contributed by atoms with E-state index in [0.29, 0.717) is 6.04 Å². The Kier molecular flexibility index (Phi) is 3.86. The number of benzene rings is 1. The lowest BCUT2D eigenvalue weighted by Crippen LogP contribution is -2.42. The summed E-state index contributed by atoms with van der Waals surface area (Å²) in [4.78, 5) is 0.